The van der Waals surface area contributed by atoms with Gasteiger partial charge in [0.05, 0.1) is 19.8 Å². The second kappa shape index (κ2) is 6.83. The quantitative estimate of drug-likeness (QED) is 0.849. The van der Waals surface area contributed by atoms with Gasteiger partial charge in [0.1, 0.15) is 5.75 Å². The Labute approximate surface area is 141 Å². The van der Waals surface area contributed by atoms with Crippen molar-refractivity contribution >= 4 is 5.91 Å². The molecule has 1 aliphatic rings. The number of hydrogen-bond donors (Lipinski definition) is 1. The largest absolute Gasteiger partial charge is 0.496 e. The van der Waals surface area contributed by atoms with Gasteiger partial charge in [-0.05, 0) is 31.0 Å². The Morgan fingerprint density at radius 3 is 2.17 bits per heavy atom. The molecule has 0 heterocycles. The standard InChI is InChI=1S/C19H21NO4/c1-22-15-8-4-3-7-14(15)19(11-12-19)20-18(21)13-24-17-10-6-5-9-16(17)23-2/h3-10H,11-13H2,1-2H3,(H,20,21). The summed E-state index contributed by atoms with van der Waals surface area (Å²) in [6.45, 7) is -0.0583. The highest BCUT2D eigenvalue weighted by atomic mass is 16.5. The SMILES string of the molecule is COc1ccccc1OCC(=O)NC1(c2ccccc2OC)CC1. The Bertz CT molecular complexity index is 725. The van der Waals surface area contributed by atoms with Gasteiger partial charge in [0, 0.05) is 5.56 Å². The molecule has 1 amide bonds. The van der Waals surface area contributed by atoms with Crippen molar-refractivity contribution in [3.8, 4) is 17.2 Å². The maximum atomic E-state index is 12.3. The van der Waals surface area contributed by atoms with Crippen LogP contribution in [0.5, 0.6) is 17.2 Å². The van der Waals surface area contributed by atoms with E-state index in [0.29, 0.717) is 11.5 Å². The van der Waals surface area contributed by atoms with Crippen LogP contribution in [0.2, 0.25) is 0 Å². The second-order valence-corrected chi connectivity index (χ2v) is 5.77. The van der Waals surface area contributed by atoms with Gasteiger partial charge in [0.2, 0.25) is 0 Å². The lowest BCUT2D eigenvalue weighted by Crippen LogP contribution is -2.38. The fourth-order valence-electron chi connectivity index (χ4n) is 2.81. The summed E-state index contributed by atoms with van der Waals surface area (Å²) in [5, 5.41) is 3.08. The van der Waals surface area contributed by atoms with Crippen molar-refractivity contribution in [2.24, 2.45) is 0 Å². The summed E-state index contributed by atoms with van der Waals surface area (Å²) in [4.78, 5) is 12.3. The van der Waals surface area contributed by atoms with Gasteiger partial charge in [-0.1, -0.05) is 30.3 Å². The third-order valence-electron chi connectivity index (χ3n) is 4.18. The molecule has 0 radical (unpaired) electrons. The van der Waals surface area contributed by atoms with E-state index in [9.17, 15) is 4.79 Å². The maximum absolute atomic E-state index is 12.3. The van der Waals surface area contributed by atoms with Crippen molar-refractivity contribution < 1.29 is 19.0 Å². The third-order valence-corrected chi connectivity index (χ3v) is 4.18. The molecule has 24 heavy (non-hydrogen) atoms. The van der Waals surface area contributed by atoms with Crippen LogP contribution in [0, 0.1) is 0 Å². The van der Waals surface area contributed by atoms with E-state index in [1.807, 2.05) is 36.4 Å². The molecule has 2 aromatic carbocycles. The number of amides is 1. The highest BCUT2D eigenvalue weighted by molar-refractivity contribution is 5.79. The van der Waals surface area contributed by atoms with Crippen molar-refractivity contribution in [3.05, 3.63) is 54.1 Å². The van der Waals surface area contributed by atoms with Gasteiger partial charge in [-0.25, -0.2) is 0 Å². The van der Waals surface area contributed by atoms with Crippen LogP contribution in [0.25, 0.3) is 0 Å². The molecule has 1 aliphatic carbocycles. The molecular formula is C19H21NO4. The Morgan fingerprint density at radius 2 is 1.54 bits per heavy atom. The minimum atomic E-state index is -0.339. The van der Waals surface area contributed by atoms with Gasteiger partial charge in [-0.3, -0.25) is 4.79 Å². The number of rotatable bonds is 7. The number of para-hydroxylation sites is 3. The molecule has 1 saturated carbocycles. The maximum Gasteiger partial charge on any atom is 0.258 e. The van der Waals surface area contributed by atoms with Gasteiger partial charge in [-0.2, -0.15) is 0 Å². The number of carbonyl (C=O) groups is 1. The van der Waals surface area contributed by atoms with Gasteiger partial charge in [-0.15, -0.1) is 0 Å². The van der Waals surface area contributed by atoms with Crippen molar-refractivity contribution in [2.75, 3.05) is 20.8 Å². The monoisotopic (exact) mass is 327 g/mol. The molecule has 2 aromatic rings. The van der Waals surface area contributed by atoms with Gasteiger partial charge < -0.3 is 19.5 Å². The first-order valence-electron chi connectivity index (χ1n) is 7.89. The van der Waals surface area contributed by atoms with Crippen LogP contribution in [-0.4, -0.2) is 26.7 Å². The van der Waals surface area contributed by atoms with Crippen molar-refractivity contribution in [1.29, 1.82) is 0 Å². The highest BCUT2D eigenvalue weighted by Crippen LogP contribution is 2.48. The molecule has 0 atom stereocenters. The molecule has 5 nitrogen and oxygen atoms in total. The lowest BCUT2D eigenvalue weighted by atomic mass is 10.0. The van der Waals surface area contributed by atoms with E-state index in [2.05, 4.69) is 5.32 Å². The minimum absolute atomic E-state index is 0.0583. The van der Waals surface area contributed by atoms with Crippen molar-refractivity contribution in [1.82, 2.24) is 5.32 Å². The highest BCUT2D eigenvalue weighted by Gasteiger charge is 2.47. The molecule has 1 fully saturated rings. The van der Waals surface area contributed by atoms with Gasteiger partial charge in [0.25, 0.3) is 5.91 Å². The predicted molar refractivity (Wildman–Crippen MR) is 90.5 cm³/mol. The first-order valence-corrected chi connectivity index (χ1v) is 7.89. The van der Waals surface area contributed by atoms with Crippen LogP contribution in [0.4, 0.5) is 0 Å². The average molecular weight is 327 g/mol. The van der Waals surface area contributed by atoms with Crippen LogP contribution in [0.1, 0.15) is 18.4 Å². The van der Waals surface area contributed by atoms with E-state index in [4.69, 9.17) is 14.2 Å². The summed E-state index contributed by atoms with van der Waals surface area (Å²) in [7, 11) is 3.21. The molecule has 0 spiro atoms. The minimum Gasteiger partial charge on any atom is -0.496 e. The Kier molecular flexibility index (Phi) is 4.60. The Balaban J connectivity index is 1.65. The summed E-state index contributed by atoms with van der Waals surface area (Å²) in [6, 6.07) is 15.0. The van der Waals surface area contributed by atoms with E-state index >= 15 is 0 Å². The Hall–Kier alpha value is -2.69. The molecule has 0 bridgehead atoms. The number of methoxy groups -OCH3 is 2. The molecular weight excluding hydrogens is 306 g/mol. The average Bonchev–Trinajstić information content (AvgIpc) is 3.40. The normalized spacial score (nSPS) is 14.6. The fraction of sp³-hybridized carbons (Fsp3) is 0.316. The second-order valence-electron chi connectivity index (χ2n) is 5.77. The van der Waals surface area contributed by atoms with Crippen LogP contribution in [-0.2, 0) is 10.3 Å². The van der Waals surface area contributed by atoms with Crippen LogP contribution in [0.3, 0.4) is 0 Å². The number of ether oxygens (including phenoxy) is 3. The van der Waals surface area contributed by atoms with Crippen LogP contribution in [0.15, 0.2) is 48.5 Å². The predicted octanol–water partition coefficient (Wildman–Crippen LogP) is 2.89. The van der Waals surface area contributed by atoms with Gasteiger partial charge >= 0.3 is 0 Å². The lowest BCUT2D eigenvalue weighted by Gasteiger charge is -2.20. The van der Waals surface area contributed by atoms with E-state index < -0.39 is 0 Å². The van der Waals surface area contributed by atoms with Crippen molar-refractivity contribution in [2.45, 2.75) is 18.4 Å². The number of carbonyl (C=O) groups excluding carboxylic acids is 1. The zero-order valence-corrected chi connectivity index (χ0v) is 13.9. The zero-order chi connectivity index (χ0) is 17.0. The fourth-order valence-corrected chi connectivity index (χ4v) is 2.81. The molecule has 0 saturated heterocycles. The number of benzene rings is 2. The zero-order valence-electron chi connectivity index (χ0n) is 13.9. The first-order chi connectivity index (χ1) is 11.7. The third kappa shape index (κ3) is 3.30. The molecule has 0 aliphatic heterocycles. The van der Waals surface area contributed by atoms with E-state index in [1.54, 1.807) is 26.4 Å². The molecule has 126 valence electrons. The smallest absolute Gasteiger partial charge is 0.258 e. The first kappa shape index (κ1) is 16.2. The summed E-state index contributed by atoms with van der Waals surface area (Å²) in [5.41, 5.74) is 0.673. The lowest BCUT2D eigenvalue weighted by molar-refractivity contribution is -0.124. The number of nitrogens with one attached hydrogen (secondary N) is 1. The molecule has 3 rings (SSSR count). The number of hydrogen-bond acceptors (Lipinski definition) is 4. The Morgan fingerprint density at radius 1 is 0.958 bits per heavy atom. The summed E-state index contributed by atoms with van der Waals surface area (Å²) < 4.78 is 16.2. The van der Waals surface area contributed by atoms with Crippen LogP contribution >= 0.6 is 0 Å². The summed E-state index contributed by atoms with van der Waals surface area (Å²) >= 11 is 0. The van der Waals surface area contributed by atoms with E-state index in [1.165, 1.54) is 0 Å². The molecule has 0 unspecified atom stereocenters. The molecule has 1 N–H and O–H groups in total. The van der Waals surface area contributed by atoms with Gasteiger partial charge in [0.15, 0.2) is 18.1 Å². The van der Waals surface area contributed by atoms with Crippen molar-refractivity contribution in [3.63, 3.8) is 0 Å². The van der Waals surface area contributed by atoms with E-state index in [0.717, 1.165) is 24.2 Å². The van der Waals surface area contributed by atoms with E-state index in [-0.39, 0.29) is 18.1 Å². The topological polar surface area (TPSA) is 56.8 Å². The van der Waals surface area contributed by atoms with Crippen LogP contribution < -0.4 is 19.5 Å². The summed E-state index contributed by atoms with van der Waals surface area (Å²) in [6.07, 6.45) is 1.79. The molecule has 5 heteroatoms. The molecule has 0 aromatic heterocycles. The summed E-state index contributed by atoms with van der Waals surface area (Å²) in [5.74, 6) is 1.79.